The van der Waals surface area contributed by atoms with Crippen molar-refractivity contribution in [3.05, 3.63) is 131 Å². The topological polar surface area (TPSA) is 217 Å². The van der Waals surface area contributed by atoms with E-state index in [2.05, 4.69) is 43.2 Å². The first-order valence-corrected chi connectivity index (χ1v) is 18.9. The Morgan fingerprint density at radius 3 is 2.26 bits per heavy atom. The number of hydrogen-bond acceptors (Lipinski definition) is 10. The molecular formula is C42H48N10O6. The molecule has 16 heteroatoms. The molecule has 16 nitrogen and oxygen atoms in total. The van der Waals surface area contributed by atoms with Crippen LogP contribution in [0.15, 0.2) is 96.2 Å². The molecule has 0 saturated heterocycles. The van der Waals surface area contributed by atoms with E-state index in [0.29, 0.717) is 42.6 Å². The minimum Gasteiger partial charge on any atom is -0.497 e. The third kappa shape index (κ3) is 10.7. The summed E-state index contributed by atoms with van der Waals surface area (Å²) < 4.78 is 14.7. The molecule has 0 bridgehead atoms. The monoisotopic (exact) mass is 788 g/mol. The maximum Gasteiger partial charge on any atom is 0.405 e. The van der Waals surface area contributed by atoms with Crippen LogP contribution in [0.2, 0.25) is 0 Å². The van der Waals surface area contributed by atoms with Crippen molar-refractivity contribution in [2.45, 2.75) is 70.6 Å². The summed E-state index contributed by atoms with van der Waals surface area (Å²) in [6.45, 7) is 4.21. The number of carbonyl (C=O) groups excluding carboxylic acids is 2. The average molecular weight is 789 g/mol. The Balaban J connectivity index is 1.24. The minimum atomic E-state index is -1.38. The smallest absolute Gasteiger partial charge is 0.405 e. The largest absolute Gasteiger partial charge is 0.497 e. The SMILES string of the molecule is COc1cc(C)c(C[C@H](NC(=O)[C@@H](CCCn2ccnc2N)NC(=O)O)C(=O)N[C@@H](Cc2cn(C)cn2)c2nc(Cc3ccc(-c4ccccc4)cc3)no2)c(C)c1. The number of nitrogens with zero attached hydrogens (tertiary/aromatic N) is 6. The van der Waals surface area contributed by atoms with Gasteiger partial charge in [-0.1, -0.05) is 59.8 Å². The number of methoxy groups -OCH3 is 1. The summed E-state index contributed by atoms with van der Waals surface area (Å²) >= 11 is 0. The highest BCUT2D eigenvalue weighted by Crippen LogP contribution is 2.25. The van der Waals surface area contributed by atoms with Gasteiger partial charge in [-0.05, 0) is 72.2 Å². The number of nitrogens with two attached hydrogens (primary N) is 1. The van der Waals surface area contributed by atoms with Gasteiger partial charge in [0.1, 0.15) is 23.9 Å². The molecule has 302 valence electrons. The second-order valence-electron chi connectivity index (χ2n) is 14.2. The van der Waals surface area contributed by atoms with Gasteiger partial charge in [0, 0.05) is 51.4 Å². The van der Waals surface area contributed by atoms with Crippen LogP contribution in [0.25, 0.3) is 11.1 Å². The summed E-state index contributed by atoms with van der Waals surface area (Å²) in [6.07, 6.45) is 6.59. The minimum absolute atomic E-state index is 0.0922. The highest BCUT2D eigenvalue weighted by Gasteiger charge is 2.31. The Hall–Kier alpha value is -6.97. The van der Waals surface area contributed by atoms with Crippen LogP contribution in [0, 0.1) is 13.8 Å². The molecule has 58 heavy (non-hydrogen) atoms. The van der Waals surface area contributed by atoms with Crippen LogP contribution >= 0.6 is 0 Å². The van der Waals surface area contributed by atoms with E-state index in [0.717, 1.165) is 33.4 Å². The Morgan fingerprint density at radius 1 is 0.914 bits per heavy atom. The van der Waals surface area contributed by atoms with Crippen LogP contribution in [0.3, 0.4) is 0 Å². The molecule has 6 aromatic rings. The molecule has 3 amide bonds. The van der Waals surface area contributed by atoms with Crippen LogP contribution in [0.1, 0.15) is 58.5 Å². The molecule has 6 N–H and O–H groups in total. The van der Waals surface area contributed by atoms with E-state index in [1.54, 1.807) is 35.0 Å². The van der Waals surface area contributed by atoms with Gasteiger partial charge in [-0.25, -0.2) is 14.8 Å². The zero-order valence-corrected chi connectivity index (χ0v) is 32.9. The molecule has 0 radical (unpaired) electrons. The third-order valence-electron chi connectivity index (χ3n) is 9.89. The average Bonchev–Trinajstić information content (AvgIpc) is 3.96. The predicted molar refractivity (Wildman–Crippen MR) is 216 cm³/mol. The fourth-order valence-electron chi connectivity index (χ4n) is 6.86. The normalized spacial score (nSPS) is 12.7. The number of carbonyl (C=O) groups is 3. The van der Waals surface area contributed by atoms with Crippen molar-refractivity contribution < 1.29 is 28.8 Å². The van der Waals surface area contributed by atoms with Gasteiger partial charge in [0.05, 0.1) is 19.1 Å². The van der Waals surface area contributed by atoms with Crippen LogP contribution < -0.4 is 26.4 Å². The first-order valence-electron chi connectivity index (χ1n) is 18.9. The van der Waals surface area contributed by atoms with Crippen molar-refractivity contribution in [2.24, 2.45) is 7.05 Å². The molecule has 3 heterocycles. The number of nitrogen functional groups attached to an aromatic ring is 1. The van der Waals surface area contributed by atoms with Gasteiger partial charge in [0.25, 0.3) is 0 Å². The summed E-state index contributed by atoms with van der Waals surface area (Å²) in [5, 5.41) is 22.1. The Bertz CT molecular complexity index is 2290. The summed E-state index contributed by atoms with van der Waals surface area (Å²) in [6, 6.07) is 18.8. The number of imidazole rings is 2. The number of carboxylic acid groups (broad SMARTS) is 1. The molecule has 0 unspecified atom stereocenters. The summed E-state index contributed by atoms with van der Waals surface area (Å²) in [5.74, 6) is 0.353. The van der Waals surface area contributed by atoms with Gasteiger partial charge < -0.3 is 45.2 Å². The highest BCUT2D eigenvalue weighted by atomic mass is 16.5. The lowest BCUT2D eigenvalue weighted by atomic mass is 9.95. The molecular weight excluding hydrogens is 741 g/mol. The Labute approximate surface area is 335 Å². The number of ether oxygens (including phenoxy) is 1. The molecule has 0 aliphatic rings. The van der Waals surface area contributed by atoms with E-state index in [-0.39, 0.29) is 25.2 Å². The second-order valence-corrected chi connectivity index (χ2v) is 14.2. The fraction of sp³-hybridized carbons (Fsp3) is 0.310. The number of nitrogens with one attached hydrogen (secondary N) is 3. The lowest BCUT2D eigenvalue weighted by molar-refractivity contribution is -0.130. The predicted octanol–water partition coefficient (Wildman–Crippen LogP) is 4.71. The number of aryl methyl sites for hydroxylation is 4. The number of hydrogen-bond donors (Lipinski definition) is 5. The molecule has 3 atom stereocenters. The number of aromatic nitrogens is 6. The van der Waals surface area contributed by atoms with E-state index in [9.17, 15) is 19.5 Å². The molecule has 0 aliphatic heterocycles. The highest BCUT2D eigenvalue weighted by molar-refractivity contribution is 5.91. The van der Waals surface area contributed by atoms with Crippen molar-refractivity contribution in [1.29, 1.82) is 0 Å². The van der Waals surface area contributed by atoms with Crippen molar-refractivity contribution >= 4 is 23.9 Å². The van der Waals surface area contributed by atoms with Crippen molar-refractivity contribution in [3.8, 4) is 16.9 Å². The zero-order chi connectivity index (χ0) is 41.2. The molecule has 0 spiro atoms. The Morgan fingerprint density at radius 2 is 1.62 bits per heavy atom. The van der Waals surface area contributed by atoms with Gasteiger partial charge in [0.2, 0.25) is 17.7 Å². The van der Waals surface area contributed by atoms with Crippen LogP contribution in [-0.2, 0) is 42.4 Å². The lowest BCUT2D eigenvalue weighted by Crippen LogP contribution is -2.55. The second kappa shape index (κ2) is 18.8. The van der Waals surface area contributed by atoms with Gasteiger partial charge >= 0.3 is 6.09 Å². The van der Waals surface area contributed by atoms with Gasteiger partial charge in [0.15, 0.2) is 11.8 Å². The Kier molecular flexibility index (Phi) is 13.2. The van der Waals surface area contributed by atoms with E-state index in [4.69, 9.17) is 20.0 Å². The number of amides is 3. The zero-order valence-electron chi connectivity index (χ0n) is 32.9. The summed E-state index contributed by atoms with van der Waals surface area (Å²) in [5.41, 5.74) is 12.3. The number of rotatable bonds is 18. The summed E-state index contributed by atoms with van der Waals surface area (Å²) in [7, 11) is 3.42. The molecule has 0 fully saturated rings. The standard InChI is InChI=1S/C42H48N10O6/c1-26-19-32(57-4)20-27(2)33(26)23-35(46-38(53)34(48-42(55)56)11-8-17-52-18-16-44-41(52)43)39(54)47-36(22-31-24-51(3)25-45-31)40-49-37(50-58-40)21-28-12-14-30(15-13-28)29-9-6-5-7-10-29/h5-7,9-10,12-16,18-20,24-25,34-36,48H,8,11,17,21-23H2,1-4H3,(H2,43,44)(H,46,53)(H,47,54)(H,55,56)/t34-,35+,36+/m1/s1. The molecule has 0 saturated carbocycles. The van der Waals surface area contributed by atoms with Crippen molar-refractivity contribution in [2.75, 3.05) is 12.8 Å². The van der Waals surface area contributed by atoms with E-state index < -0.39 is 36.0 Å². The fourth-order valence-corrected chi connectivity index (χ4v) is 6.86. The van der Waals surface area contributed by atoms with E-state index in [1.165, 1.54) is 0 Å². The summed E-state index contributed by atoms with van der Waals surface area (Å²) in [4.78, 5) is 53.4. The van der Waals surface area contributed by atoms with Crippen LogP contribution in [0.5, 0.6) is 5.75 Å². The maximum atomic E-state index is 14.5. The molecule has 3 aromatic heterocycles. The quantitative estimate of drug-likeness (QED) is 0.0804. The van der Waals surface area contributed by atoms with Crippen molar-refractivity contribution in [3.63, 3.8) is 0 Å². The van der Waals surface area contributed by atoms with Gasteiger partial charge in [-0.3, -0.25) is 9.59 Å². The molecule has 6 rings (SSSR count). The first-order chi connectivity index (χ1) is 27.9. The lowest BCUT2D eigenvalue weighted by Gasteiger charge is -2.25. The number of anilines is 1. The van der Waals surface area contributed by atoms with Gasteiger partial charge in [-0.15, -0.1) is 0 Å². The van der Waals surface area contributed by atoms with E-state index in [1.807, 2.05) is 81.7 Å². The van der Waals surface area contributed by atoms with Crippen LogP contribution in [0.4, 0.5) is 10.7 Å². The number of benzene rings is 3. The third-order valence-corrected chi connectivity index (χ3v) is 9.89. The van der Waals surface area contributed by atoms with Crippen LogP contribution in [-0.4, -0.2) is 71.5 Å². The molecule has 3 aromatic carbocycles. The first kappa shape index (κ1) is 40.7. The van der Waals surface area contributed by atoms with Gasteiger partial charge in [-0.2, -0.15) is 4.98 Å². The van der Waals surface area contributed by atoms with Crippen molar-refractivity contribution in [1.82, 2.24) is 45.2 Å². The molecule has 0 aliphatic carbocycles. The maximum absolute atomic E-state index is 14.5. The van der Waals surface area contributed by atoms with E-state index >= 15 is 0 Å².